The zero-order valence-corrected chi connectivity index (χ0v) is 14.5. The first-order valence-corrected chi connectivity index (χ1v) is 8.24. The largest absolute Gasteiger partial charge is 0.309 e. The summed E-state index contributed by atoms with van der Waals surface area (Å²) in [6, 6.07) is 6.84. The van der Waals surface area contributed by atoms with Crippen LogP contribution >= 0.6 is 15.9 Å². The van der Waals surface area contributed by atoms with E-state index in [9.17, 15) is 4.79 Å². The number of fused-ring (bicyclic) bond motifs is 1. The molecule has 0 saturated heterocycles. The van der Waals surface area contributed by atoms with E-state index in [4.69, 9.17) is 0 Å². The average molecular weight is 338 g/mol. The SMILES string of the molecule is CCCC(=O)N1c2ccc(CC(C)(C)Br)cc2CC1C. The summed E-state index contributed by atoms with van der Waals surface area (Å²) in [5.74, 6) is 0.257. The Morgan fingerprint density at radius 2 is 2.15 bits per heavy atom. The molecule has 0 spiro atoms. The van der Waals surface area contributed by atoms with Crippen molar-refractivity contribution in [2.24, 2.45) is 0 Å². The van der Waals surface area contributed by atoms with Crippen molar-refractivity contribution in [1.82, 2.24) is 0 Å². The molecule has 2 nitrogen and oxygen atoms in total. The number of rotatable bonds is 4. The molecular formula is C17H24BrNO. The maximum Gasteiger partial charge on any atom is 0.227 e. The molecule has 20 heavy (non-hydrogen) atoms. The molecule has 1 aliphatic heterocycles. The first-order valence-electron chi connectivity index (χ1n) is 7.44. The van der Waals surface area contributed by atoms with Gasteiger partial charge in [0.25, 0.3) is 0 Å². The number of benzene rings is 1. The second-order valence-electron chi connectivity index (χ2n) is 6.43. The molecule has 0 radical (unpaired) electrons. The molecule has 2 rings (SSSR count). The molecule has 1 aromatic rings. The fraction of sp³-hybridized carbons (Fsp3) is 0.588. The Hall–Kier alpha value is -0.830. The van der Waals surface area contributed by atoms with E-state index in [1.54, 1.807) is 0 Å². The predicted octanol–water partition coefficient (Wildman–Crippen LogP) is 4.48. The quantitative estimate of drug-likeness (QED) is 0.741. The maximum absolute atomic E-state index is 12.3. The summed E-state index contributed by atoms with van der Waals surface area (Å²) in [6.45, 7) is 8.56. The van der Waals surface area contributed by atoms with Gasteiger partial charge in [0.05, 0.1) is 0 Å². The van der Waals surface area contributed by atoms with Crippen LogP contribution in [0, 0.1) is 0 Å². The standard InChI is InChI=1S/C17H24BrNO/c1-5-6-16(20)19-12(2)9-14-10-13(7-8-15(14)19)11-17(3,4)18/h7-8,10,12H,5-6,9,11H2,1-4H3. The molecular weight excluding hydrogens is 314 g/mol. The highest BCUT2D eigenvalue weighted by atomic mass is 79.9. The minimum Gasteiger partial charge on any atom is -0.309 e. The Kier molecular flexibility index (Phi) is 4.58. The van der Waals surface area contributed by atoms with Crippen molar-refractivity contribution in [3.63, 3.8) is 0 Å². The molecule has 1 amide bonds. The average Bonchev–Trinajstić information content (AvgIpc) is 2.62. The van der Waals surface area contributed by atoms with Gasteiger partial charge in [-0.05, 0) is 57.2 Å². The van der Waals surface area contributed by atoms with E-state index in [0.29, 0.717) is 6.42 Å². The summed E-state index contributed by atoms with van der Waals surface area (Å²) in [5, 5.41) is 0. The highest BCUT2D eigenvalue weighted by Crippen LogP contribution is 2.34. The number of anilines is 1. The van der Waals surface area contributed by atoms with Gasteiger partial charge < -0.3 is 4.90 Å². The number of carbonyl (C=O) groups excluding carboxylic acids is 1. The first-order chi connectivity index (χ1) is 9.31. The molecule has 1 aromatic carbocycles. The van der Waals surface area contributed by atoms with E-state index in [-0.39, 0.29) is 16.3 Å². The van der Waals surface area contributed by atoms with Gasteiger partial charge in [-0.3, -0.25) is 4.79 Å². The lowest BCUT2D eigenvalue weighted by Crippen LogP contribution is -2.35. The van der Waals surface area contributed by atoms with Crippen molar-refractivity contribution < 1.29 is 4.79 Å². The van der Waals surface area contributed by atoms with Gasteiger partial charge in [-0.1, -0.05) is 35.0 Å². The lowest BCUT2D eigenvalue weighted by atomic mass is 9.99. The second kappa shape index (κ2) is 5.88. The highest BCUT2D eigenvalue weighted by molar-refractivity contribution is 9.10. The van der Waals surface area contributed by atoms with Crippen molar-refractivity contribution in [2.75, 3.05) is 4.90 Å². The minimum absolute atomic E-state index is 0.114. The summed E-state index contributed by atoms with van der Waals surface area (Å²) in [7, 11) is 0. The monoisotopic (exact) mass is 337 g/mol. The van der Waals surface area contributed by atoms with Gasteiger partial charge in [-0.15, -0.1) is 0 Å². The van der Waals surface area contributed by atoms with Crippen LogP contribution in [0.1, 0.15) is 51.7 Å². The molecule has 0 aromatic heterocycles. The maximum atomic E-state index is 12.3. The number of hydrogen-bond acceptors (Lipinski definition) is 1. The van der Waals surface area contributed by atoms with Crippen LogP contribution in [0.3, 0.4) is 0 Å². The van der Waals surface area contributed by atoms with Gasteiger partial charge in [0, 0.05) is 22.5 Å². The third kappa shape index (κ3) is 3.43. The summed E-state index contributed by atoms with van der Waals surface area (Å²) in [5.41, 5.74) is 3.77. The van der Waals surface area contributed by atoms with Crippen molar-refractivity contribution in [3.05, 3.63) is 29.3 Å². The fourth-order valence-electron chi connectivity index (χ4n) is 2.99. The van der Waals surface area contributed by atoms with Gasteiger partial charge in [-0.25, -0.2) is 0 Å². The lowest BCUT2D eigenvalue weighted by molar-refractivity contribution is -0.118. The lowest BCUT2D eigenvalue weighted by Gasteiger charge is -2.23. The number of nitrogens with zero attached hydrogens (tertiary/aromatic N) is 1. The van der Waals surface area contributed by atoms with E-state index in [2.05, 4.69) is 61.8 Å². The van der Waals surface area contributed by atoms with E-state index >= 15 is 0 Å². The first kappa shape index (κ1) is 15.6. The zero-order chi connectivity index (χ0) is 14.9. The highest BCUT2D eigenvalue weighted by Gasteiger charge is 2.30. The van der Waals surface area contributed by atoms with Gasteiger partial charge in [-0.2, -0.15) is 0 Å². The van der Waals surface area contributed by atoms with Crippen LogP contribution in [-0.4, -0.2) is 16.3 Å². The molecule has 3 heteroatoms. The number of alkyl halides is 1. The third-order valence-corrected chi connectivity index (χ3v) is 4.00. The number of carbonyl (C=O) groups is 1. The molecule has 1 atom stereocenters. The summed E-state index contributed by atoms with van der Waals surface area (Å²) in [6.07, 6.45) is 3.52. The molecule has 1 heterocycles. The Bertz CT molecular complexity index is 504. The van der Waals surface area contributed by atoms with E-state index in [1.165, 1.54) is 11.1 Å². The van der Waals surface area contributed by atoms with Gasteiger partial charge in [0.1, 0.15) is 0 Å². The van der Waals surface area contributed by atoms with Crippen LogP contribution in [-0.2, 0) is 17.6 Å². The van der Waals surface area contributed by atoms with Gasteiger partial charge in [0.15, 0.2) is 0 Å². The van der Waals surface area contributed by atoms with Crippen LogP contribution in [0.25, 0.3) is 0 Å². The van der Waals surface area contributed by atoms with E-state index in [0.717, 1.165) is 24.9 Å². The van der Waals surface area contributed by atoms with E-state index in [1.807, 2.05) is 4.90 Å². The van der Waals surface area contributed by atoms with Crippen LogP contribution < -0.4 is 4.90 Å². The smallest absolute Gasteiger partial charge is 0.227 e. The molecule has 1 unspecified atom stereocenters. The Balaban J connectivity index is 2.25. The molecule has 0 N–H and O–H groups in total. The van der Waals surface area contributed by atoms with Crippen LogP contribution in [0.2, 0.25) is 0 Å². The number of halogens is 1. The predicted molar refractivity (Wildman–Crippen MR) is 88.7 cm³/mol. The third-order valence-electron chi connectivity index (χ3n) is 3.72. The van der Waals surface area contributed by atoms with Gasteiger partial charge in [0.2, 0.25) is 5.91 Å². The van der Waals surface area contributed by atoms with Gasteiger partial charge >= 0.3 is 0 Å². The molecule has 110 valence electrons. The molecule has 0 saturated carbocycles. The zero-order valence-electron chi connectivity index (χ0n) is 12.9. The second-order valence-corrected chi connectivity index (χ2v) is 8.57. The Morgan fingerprint density at radius 1 is 1.45 bits per heavy atom. The Morgan fingerprint density at radius 3 is 2.75 bits per heavy atom. The van der Waals surface area contributed by atoms with E-state index < -0.39 is 0 Å². The van der Waals surface area contributed by atoms with Crippen molar-refractivity contribution in [3.8, 4) is 0 Å². The van der Waals surface area contributed by atoms with Crippen LogP contribution in [0.4, 0.5) is 5.69 Å². The summed E-state index contributed by atoms with van der Waals surface area (Å²) in [4.78, 5) is 14.2. The van der Waals surface area contributed by atoms with Crippen molar-refractivity contribution in [1.29, 1.82) is 0 Å². The van der Waals surface area contributed by atoms with Crippen LogP contribution in [0.5, 0.6) is 0 Å². The Labute approximate surface area is 130 Å². The molecule has 0 bridgehead atoms. The topological polar surface area (TPSA) is 20.3 Å². The van der Waals surface area contributed by atoms with Crippen molar-refractivity contribution >= 4 is 27.5 Å². The minimum atomic E-state index is 0.114. The molecule has 0 fully saturated rings. The van der Waals surface area contributed by atoms with Crippen molar-refractivity contribution in [2.45, 2.75) is 63.7 Å². The number of amides is 1. The molecule has 0 aliphatic carbocycles. The fourth-order valence-corrected chi connectivity index (χ4v) is 3.32. The summed E-state index contributed by atoms with van der Waals surface area (Å²) >= 11 is 3.70. The van der Waals surface area contributed by atoms with Crippen LogP contribution in [0.15, 0.2) is 18.2 Å². The molecule has 1 aliphatic rings. The normalized spacial score (nSPS) is 18.2. The number of hydrogen-bond donors (Lipinski definition) is 0. The summed E-state index contributed by atoms with van der Waals surface area (Å²) < 4.78 is 0.114.